The van der Waals surface area contributed by atoms with Crippen molar-refractivity contribution in [1.29, 1.82) is 0 Å². The molecule has 3 rings (SSSR count). The van der Waals surface area contributed by atoms with Gasteiger partial charge in [0.15, 0.2) is 0 Å². The van der Waals surface area contributed by atoms with Crippen LogP contribution in [0.4, 0.5) is 4.39 Å². The zero-order chi connectivity index (χ0) is 14.1. The third kappa shape index (κ3) is 2.01. The van der Waals surface area contributed by atoms with Crippen LogP contribution in [0.5, 0.6) is 0 Å². The second-order valence-corrected chi connectivity index (χ2v) is 4.72. The Bertz CT molecular complexity index is 836. The molecule has 0 fully saturated rings. The van der Waals surface area contributed by atoms with E-state index >= 15 is 0 Å². The number of benzene rings is 2. The summed E-state index contributed by atoms with van der Waals surface area (Å²) in [5.41, 5.74) is 2.88. The summed E-state index contributed by atoms with van der Waals surface area (Å²) in [6, 6.07) is 14.1. The molecule has 0 saturated carbocycles. The predicted molar refractivity (Wildman–Crippen MR) is 79.3 cm³/mol. The number of aryl methyl sites for hydroxylation is 1. The first-order valence-corrected chi connectivity index (χ1v) is 6.60. The summed E-state index contributed by atoms with van der Waals surface area (Å²) in [6.45, 7) is 2.05. The zero-order valence-electron chi connectivity index (χ0n) is 11.1. The van der Waals surface area contributed by atoms with Gasteiger partial charge in [-0.25, -0.2) is 4.39 Å². The lowest BCUT2D eigenvalue weighted by Crippen LogP contribution is -2.03. The normalized spacial score (nSPS) is 10.9. The topological polar surface area (TPSA) is 32.9 Å². The van der Waals surface area contributed by atoms with Gasteiger partial charge < -0.3 is 4.98 Å². The molecule has 2 nitrogen and oxygen atoms in total. The van der Waals surface area contributed by atoms with E-state index in [-0.39, 0.29) is 11.4 Å². The molecule has 3 heteroatoms. The molecule has 3 aromatic rings. The summed E-state index contributed by atoms with van der Waals surface area (Å²) in [7, 11) is 0. The van der Waals surface area contributed by atoms with Gasteiger partial charge in [-0.3, -0.25) is 4.79 Å². The highest BCUT2D eigenvalue weighted by Crippen LogP contribution is 2.30. The number of nitrogens with one attached hydrogen (secondary N) is 1. The molecule has 2 aromatic carbocycles. The number of rotatable bonds is 2. The van der Waals surface area contributed by atoms with Crippen molar-refractivity contribution in [3.8, 4) is 11.1 Å². The van der Waals surface area contributed by atoms with Crippen molar-refractivity contribution < 1.29 is 4.39 Å². The van der Waals surface area contributed by atoms with E-state index in [1.807, 2.05) is 24.3 Å². The van der Waals surface area contributed by atoms with E-state index in [1.165, 1.54) is 12.1 Å². The maximum atomic E-state index is 14.7. The average molecular weight is 267 g/mol. The summed E-state index contributed by atoms with van der Waals surface area (Å²) < 4.78 is 14.7. The monoisotopic (exact) mass is 267 g/mol. The van der Waals surface area contributed by atoms with Gasteiger partial charge in [-0.05, 0) is 35.7 Å². The van der Waals surface area contributed by atoms with E-state index in [1.54, 1.807) is 12.1 Å². The molecule has 1 aromatic heterocycles. The molecule has 0 saturated heterocycles. The van der Waals surface area contributed by atoms with Gasteiger partial charge in [-0.15, -0.1) is 0 Å². The van der Waals surface area contributed by atoms with Crippen molar-refractivity contribution in [3.05, 3.63) is 70.3 Å². The maximum absolute atomic E-state index is 14.7. The first-order valence-electron chi connectivity index (χ1n) is 6.60. The van der Waals surface area contributed by atoms with Gasteiger partial charge in [-0.1, -0.05) is 31.2 Å². The number of hydrogen-bond donors (Lipinski definition) is 1. The summed E-state index contributed by atoms with van der Waals surface area (Å²) >= 11 is 0. The molecule has 100 valence electrons. The fourth-order valence-corrected chi connectivity index (χ4v) is 2.50. The number of aromatic amines is 1. The molecule has 0 amide bonds. The largest absolute Gasteiger partial charge is 0.322 e. The minimum absolute atomic E-state index is 0.224. The summed E-state index contributed by atoms with van der Waals surface area (Å²) in [6.07, 6.45) is 0.847. The van der Waals surface area contributed by atoms with Crippen molar-refractivity contribution in [2.75, 3.05) is 0 Å². The van der Waals surface area contributed by atoms with E-state index < -0.39 is 0 Å². The smallest absolute Gasteiger partial charge is 0.248 e. The molecule has 0 aliphatic carbocycles. The number of H-pyrrole nitrogens is 1. The van der Waals surface area contributed by atoms with Gasteiger partial charge in [0.1, 0.15) is 5.82 Å². The molecular weight excluding hydrogens is 253 g/mol. The third-order valence-electron chi connectivity index (χ3n) is 3.53. The molecule has 0 aliphatic heterocycles. The highest BCUT2D eigenvalue weighted by molar-refractivity contribution is 5.86. The van der Waals surface area contributed by atoms with Crippen LogP contribution in [-0.2, 0) is 6.42 Å². The Morgan fingerprint density at radius 2 is 1.80 bits per heavy atom. The Morgan fingerprint density at radius 3 is 2.60 bits per heavy atom. The van der Waals surface area contributed by atoms with Crippen molar-refractivity contribution in [1.82, 2.24) is 4.98 Å². The lowest BCUT2D eigenvalue weighted by atomic mass is 9.96. The second-order valence-electron chi connectivity index (χ2n) is 4.72. The van der Waals surface area contributed by atoms with Crippen LogP contribution in [0.15, 0.2) is 53.3 Å². The van der Waals surface area contributed by atoms with Crippen molar-refractivity contribution >= 4 is 10.9 Å². The number of fused-ring (bicyclic) bond motifs is 1. The van der Waals surface area contributed by atoms with Crippen LogP contribution in [0.25, 0.3) is 22.0 Å². The summed E-state index contributed by atoms with van der Waals surface area (Å²) in [4.78, 5) is 13.9. The van der Waals surface area contributed by atoms with E-state index in [4.69, 9.17) is 0 Å². The highest BCUT2D eigenvalue weighted by atomic mass is 19.1. The quantitative estimate of drug-likeness (QED) is 0.750. The highest BCUT2D eigenvalue weighted by Gasteiger charge is 2.12. The van der Waals surface area contributed by atoms with E-state index in [0.29, 0.717) is 16.5 Å². The Kier molecular flexibility index (Phi) is 3.11. The zero-order valence-corrected chi connectivity index (χ0v) is 11.1. The number of hydrogen-bond acceptors (Lipinski definition) is 1. The van der Waals surface area contributed by atoms with Gasteiger partial charge in [0.2, 0.25) is 5.56 Å². The predicted octanol–water partition coefficient (Wildman–Crippen LogP) is 3.90. The van der Waals surface area contributed by atoms with Crippen LogP contribution in [0.1, 0.15) is 12.5 Å². The molecule has 20 heavy (non-hydrogen) atoms. The minimum Gasteiger partial charge on any atom is -0.322 e. The Balaban J connectivity index is 2.30. The molecule has 1 heterocycles. The first kappa shape index (κ1) is 12.6. The number of pyridine rings is 1. The Labute approximate surface area is 115 Å². The minimum atomic E-state index is -0.292. The van der Waals surface area contributed by atoms with Crippen molar-refractivity contribution in [2.45, 2.75) is 13.3 Å². The summed E-state index contributed by atoms with van der Waals surface area (Å²) in [5.74, 6) is -0.292. The van der Waals surface area contributed by atoms with Gasteiger partial charge in [0, 0.05) is 17.0 Å². The number of halogens is 1. The van der Waals surface area contributed by atoms with Crippen molar-refractivity contribution in [3.63, 3.8) is 0 Å². The average Bonchev–Trinajstić information content (AvgIpc) is 2.47. The molecule has 0 atom stereocenters. The fourth-order valence-electron chi connectivity index (χ4n) is 2.50. The van der Waals surface area contributed by atoms with Gasteiger partial charge >= 0.3 is 0 Å². The van der Waals surface area contributed by atoms with E-state index in [9.17, 15) is 9.18 Å². The van der Waals surface area contributed by atoms with Gasteiger partial charge in [-0.2, -0.15) is 0 Å². The van der Waals surface area contributed by atoms with E-state index in [2.05, 4.69) is 11.9 Å². The Hall–Kier alpha value is -2.42. The maximum Gasteiger partial charge on any atom is 0.248 e. The van der Waals surface area contributed by atoms with Crippen molar-refractivity contribution in [2.24, 2.45) is 0 Å². The molecule has 0 bridgehead atoms. The van der Waals surface area contributed by atoms with Gasteiger partial charge in [0.25, 0.3) is 0 Å². The molecule has 0 aliphatic rings. The van der Waals surface area contributed by atoms with Crippen LogP contribution in [0.2, 0.25) is 0 Å². The lowest BCUT2D eigenvalue weighted by molar-refractivity contribution is 0.642. The summed E-state index contributed by atoms with van der Waals surface area (Å²) in [5, 5.41) is 0.438. The van der Waals surface area contributed by atoms with E-state index in [0.717, 1.165) is 17.5 Å². The Morgan fingerprint density at radius 1 is 1.00 bits per heavy atom. The molecular formula is C17H14FNO. The SMILES string of the molecule is CCc1ccccc1-c1ccc2[nH]c(=O)ccc2c1F. The molecule has 1 N–H and O–H groups in total. The number of aromatic nitrogens is 1. The second kappa shape index (κ2) is 4.93. The van der Waals surface area contributed by atoms with Crippen LogP contribution in [0, 0.1) is 5.82 Å². The molecule has 0 spiro atoms. The fraction of sp³-hybridized carbons (Fsp3) is 0.118. The standard InChI is InChI=1S/C17H14FNO/c1-2-11-5-3-4-6-12(11)13-7-9-15-14(17(13)18)8-10-16(20)19-15/h3-10H,2H2,1H3,(H,19,20). The lowest BCUT2D eigenvalue weighted by Gasteiger charge is -2.10. The van der Waals surface area contributed by atoms with Crippen LogP contribution in [-0.4, -0.2) is 4.98 Å². The third-order valence-corrected chi connectivity index (χ3v) is 3.53. The molecule has 0 unspecified atom stereocenters. The van der Waals surface area contributed by atoms with Crippen LogP contribution >= 0.6 is 0 Å². The van der Waals surface area contributed by atoms with Gasteiger partial charge in [0.05, 0.1) is 5.52 Å². The first-order chi connectivity index (χ1) is 9.70. The van der Waals surface area contributed by atoms with Crippen LogP contribution in [0.3, 0.4) is 0 Å². The van der Waals surface area contributed by atoms with Crippen LogP contribution < -0.4 is 5.56 Å². The molecule has 0 radical (unpaired) electrons.